The van der Waals surface area contributed by atoms with Crippen molar-refractivity contribution >= 4 is 17.9 Å². The summed E-state index contributed by atoms with van der Waals surface area (Å²) in [5.41, 5.74) is 2.65. The van der Waals surface area contributed by atoms with E-state index in [-0.39, 0.29) is 0 Å². The topological polar surface area (TPSA) is 29.2 Å². The molecule has 6 heteroatoms. The zero-order chi connectivity index (χ0) is 18.5. The van der Waals surface area contributed by atoms with Gasteiger partial charge in [-0.2, -0.15) is 5.10 Å². The van der Waals surface area contributed by atoms with E-state index < -0.39 is 0 Å². The van der Waals surface area contributed by atoms with Crippen molar-refractivity contribution in [1.29, 1.82) is 0 Å². The molecule has 0 N–H and O–H groups in total. The number of allylic oxidation sites excluding steroid dienone is 1. The minimum absolute atomic E-state index is 0.678. The molecule has 0 saturated carbocycles. The third-order valence-corrected chi connectivity index (χ3v) is 5.34. The number of hydrogen-bond donors (Lipinski definition) is 0. The van der Waals surface area contributed by atoms with Gasteiger partial charge in [-0.15, -0.1) is 6.58 Å². The average Bonchev–Trinajstić information content (AvgIpc) is 2.91. The lowest BCUT2D eigenvalue weighted by molar-refractivity contribution is 0.243. The van der Waals surface area contributed by atoms with Crippen LogP contribution in [0, 0.1) is 11.7 Å². The summed E-state index contributed by atoms with van der Waals surface area (Å²) in [6, 6.07) is 8.98. The third-order valence-electron chi connectivity index (χ3n) is 4.90. The van der Waals surface area contributed by atoms with Gasteiger partial charge in [-0.1, -0.05) is 18.2 Å². The fourth-order valence-corrected chi connectivity index (χ4v) is 3.84. The number of aromatic nitrogens is 3. The first kappa shape index (κ1) is 18.9. The van der Waals surface area contributed by atoms with Crippen LogP contribution in [-0.4, -0.2) is 39.4 Å². The Balaban J connectivity index is 1.61. The molecule has 0 amide bonds. The van der Waals surface area contributed by atoms with Gasteiger partial charge >= 0.3 is 0 Å². The molecule has 0 spiro atoms. The predicted octanol–water partition coefficient (Wildman–Crippen LogP) is 3.99. The lowest BCUT2D eigenvalue weighted by Crippen LogP contribution is -2.29. The molecule has 26 heavy (non-hydrogen) atoms. The molecular formula is C20H29N5S. The zero-order valence-electron chi connectivity index (χ0n) is 15.9. The third kappa shape index (κ3) is 4.43. The van der Waals surface area contributed by atoms with Crippen LogP contribution in [0.15, 0.2) is 36.9 Å². The van der Waals surface area contributed by atoms with E-state index in [9.17, 15) is 0 Å². The zero-order valence-corrected chi connectivity index (χ0v) is 16.7. The van der Waals surface area contributed by atoms with Crippen molar-refractivity contribution in [1.82, 2.24) is 19.2 Å². The normalized spacial score (nSPS) is 14.8. The van der Waals surface area contributed by atoms with Gasteiger partial charge < -0.3 is 9.47 Å². The van der Waals surface area contributed by atoms with Gasteiger partial charge in [-0.3, -0.25) is 4.90 Å². The van der Waals surface area contributed by atoms with E-state index in [1.54, 1.807) is 0 Å². The molecule has 2 heterocycles. The highest BCUT2D eigenvalue weighted by Gasteiger charge is 2.11. The average molecular weight is 372 g/mol. The van der Waals surface area contributed by atoms with Crippen molar-refractivity contribution in [3.8, 4) is 0 Å². The van der Waals surface area contributed by atoms with Crippen LogP contribution in [0.1, 0.15) is 30.7 Å². The molecule has 1 aromatic heterocycles. The summed E-state index contributed by atoms with van der Waals surface area (Å²) >= 11 is 5.53. The SMILES string of the molecule is C=CCn1c(C)nn(CN(C)Cc2ccc(N3CCCCC3)cc2)c1=S. The number of piperidine rings is 1. The van der Waals surface area contributed by atoms with Crippen LogP contribution < -0.4 is 4.90 Å². The molecule has 0 aliphatic carbocycles. The maximum Gasteiger partial charge on any atom is 0.199 e. The molecule has 1 fully saturated rings. The Morgan fingerprint density at radius 3 is 2.54 bits per heavy atom. The Morgan fingerprint density at radius 1 is 1.19 bits per heavy atom. The van der Waals surface area contributed by atoms with Crippen molar-refractivity contribution in [3.63, 3.8) is 0 Å². The van der Waals surface area contributed by atoms with Gasteiger partial charge in [0.25, 0.3) is 0 Å². The van der Waals surface area contributed by atoms with Crippen LogP contribution in [0.2, 0.25) is 0 Å². The van der Waals surface area contributed by atoms with Crippen LogP contribution in [0.25, 0.3) is 0 Å². The highest BCUT2D eigenvalue weighted by Crippen LogP contribution is 2.20. The Bertz CT molecular complexity index is 784. The van der Waals surface area contributed by atoms with Crippen molar-refractivity contribution in [2.75, 3.05) is 25.0 Å². The molecule has 2 aromatic rings. The number of anilines is 1. The second-order valence-electron chi connectivity index (χ2n) is 7.10. The Labute approximate surface area is 161 Å². The lowest BCUT2D eigenvalue weighted by Gasteiger charge is -2.29. The van der Waals surface area contributed by atoms with Crippen LogP contribution >= 0.6 is 12.2 Å². The van der Waals surface area contributed by atoms with E-state index >= 15 is 0 Å². The van der Waals surface area contributed by atoms with Crippen molar-refractivity contribution in [2.24, 2.45) is 0 Å². The summed E-state index contributed by atoms with van der Waals surface area (Å²) in [6.45, 7) is 10.4. The van der Waals surface area contributed by atoms with Crippen molar-refractivity contribution in [3.05, 3.63) is 53.1 Å². The number of aryl methyl sites for hydroxylation is 1. The quantitative estimate of drug-likeness (QED) is 0.544. The van der Waals surface area contributed by atoms with Gasteiger partial charge in [0, 0.05) is 31.9 Å². The lowest BCUT2D eigenvalue weighted by atomic mass is 10.1. The van der Waals surface area contributed by atoms with E-state index in [1.165, 1.54) is 43.6 Å². The maximum absolute atomic E-state index is 5.53. The van der Waals surface area contributed by atoms with Crippen LogP contribution in [0.4, 0.5) is 5.69 Å². The van der Waals surface area contributed by atoms with Crippen LogP contribution in [0.3, 0.4) is 0 Å². The Hall–Kier alpha value is -1.92. The van der Waals surface area contributed by atoms with Crippen LogP contribution in [0.5, 0.6) is 0 Å². The van der Waals surface area contributed by atoms with E-state index in [0.29, 0.717) is 13.2 Å². The molecule has 140 valence electrons. The standard InChI is InChI=1S/C20H29N5S/c1-4-12-24-17(2)21-25(20(24)26)16-22(3)15-18-8-10-19(11-9-18)23-13-6-5-7-14-23/h4,8-11H,1,5-7,12-16H2,2-3H3. The molecule has 0 bridgehead atoms. The highest BCUT2D eigenvalue weighted by atomic mass is 32.1. The highest BCUT2D eigenvalue weighted by molar-refractivity contribution is 7.71. The van der Waals surface area contributed by atoms with Crippen molar-refractivity contribution < 1.29 is 0 Å². The van der Waals surface area contributed by atoms with Crippen LogP contribution in [-0.2, 0) is 19.8 Å². The molecule has 1 aliphatic rings. The fraction of sp³-hybridized carbons (Fsp3) is 0.500. The summed E-state index contributed by atoms with van der Waals surface area (Å²) in [7, 11) is 2.10. The first-order valence-electron chi connectivity index (χ1n) is 9.36. The summed E-state index contributed by atoms with van der Waals surface area (Å²) < 4.78 is 4.63. The molecule has 0 radical (unpaired) electrons. The number of hydrogen-bond acceptors (Lipinski definition) is 4. The summed E-state index contributed by atoms with van der Waals surface area (Å²) in [4.78, 5) is 4.72. The molecule has 0 atom stereocenters. The maximum atomic E-state index is 5.53. The van der Waals surface area contributed by atoms with E-state index in [4.69, 9.17) is 12.2 Å². The molecule has 5 nitrogen and oxygen atoms in total. The smallest absolute Gasteiger partial charge is 0.199 e. The summed E-state index contributed by atoms with van der Waals surface area (Å²) in [5.74, 6) is 0.925. The van der Waals surface area contributed by atoms with E-state index in [0.717, 1.165) is 17.1 Å². The van der Waals surface area contributed by atoms with Gasteiger partial charge in [0.15, 0.2) is 4.77 Å². The molecule has 3 rings (SSSR count). The number of nitrogens with zero attached hydrogens (tertiary/aromatic N) is 5. The van der Waals surface area contributed by atoms with Gasteiger partial charge in [0.2, 0.25) is 0 Å². The van der Waals surface area contributed by atoms with Gasteiger partial charge in [0.05, 0.1) is 6.67 Å². The largest absolute Gasteiger partial charge is 0.372 e. The van der Waals surface area contributed by atoms with Gasteiger partial charge in [-0.05, 0) is 63.1 Å². The first-order valence-corrected chi connectivity index (χ1v) is 9.77. The molecule has 1 saturated heterocycles. The molecule has 1 aromatic carbocycles. The second kappa shape index (κ2) is 8.64. The van der Waals surface area contributed by atoms with Gasteiger partial charge in [-0.25, -0.2) is 4.68 Å². The minimum atomic E-state index is 0.678. The minimum Gasteiger partial charge on any atom is -0.372 e. The Kier molecular flexibility index (Phi) is 6.27. The number of benzene rings is 1. The summed E-state index contributed by atoms with van der Waals surface area (Å²) in [5, 5.41) is 4.57. The first-order chi connectivity index (χ1) is 12.6. The second-order valence-corrected chi connectivity index (χ2v) is 7.46. The fourth-order valence-electron chi connectivity index (χ4n) is 3.54. The monoisotopic (exact) mass is 371 g/mol. The van der Waals surface area contributed by atoms with E-state index in [2.05, 4.69) is 52.8 Å². The predicted molar refractivity (Wildman–Crippen MR) is 110 cm³/mol. The van der Waals surface area contributed by atoms with E-state index in [1.807, 2.05) is 22.2 Å². The van der Waals surface area contributed by atoms with Crippen molar-refractivity contribution in [2.45, 2.75) is 45.9 Å². The Morgan fingerprint density at radius 2 is 1.88 bits per heavy atom. The molecule has 0 unspecified atom stereocenters. The molecular weight excluding hydrogens is 342 g/mol. The summed E-state index contributed by atoms with van der Waals surface area (Å²) in [6.07, 6.45) is 5.83. The molecule has 1 aliphatic heterocycles. The number of rotatable bonds is 7. The van der Waals surface area contributed by atoms with Gasteiger partial charge in [0.1, 0.15) is 5.82 Å².